The van der Waals surface area contributed by atoms with Gasteiger partial charge >= 0.3 is 5.97 Å². The molecule has 1 aliphatic rings. The van der Waals surface area contributed by atoms with Crippen molar-refractivity contribution in [2.45, 2.75) is 26.7 Å². The van der Waals surface area contributed by atoms with Gasteiger partial charge in [0.15, 0.2) is 0 Å². The fourth-order valence-electron chi connectivity index (χ4n) is 3.63. The molecule has 0 aliphatic carbocycles. The molecule has 2 aromatic heterocycles. The van der Waals surface area contributed by atoms with Crippen molar-refractivity contribution in [3.63, 3.8) is 0 Å². The van der Waals surface area contributed by atoms with Crippen molar-refractivity contribution in [1.29, 1.82) is 0 Å². The molecule has 1 aromatic carbocycles. The number of esters is 1. The number of carbonyl (C=O) groups excluding carboxylic acids is 2. The van der Waals surface area contributed by atoms with E-state index in [9.17, 15) is 9.59 Å². The highest BCUT2D eigenvalue weighted by Crippen LogP contribution is 2.30. The third-order valence-corrected chi connectivity index (χ3v) is 6.03. The summed E-state index contributed by atoms with van der Waals surface area (Å²) < 4.78 is 5.13. The average Bonchev–Trinajstić information content (AvgIpc) is 3.08. The summed E-state index contributed by atoms with van der Waals surface area (Å²) in [6.07, 6.45) is 1.60. The van der Waals surface area contributed by atoms with Crippen LogP contribution in [0.3, 0.4) is 0 Å². The molecule has 1 saturated heterocycles. The minimum absolute atomic E-state index is 0.0211. The lowest BCUT2D eigenvalue weighted by molar-refractivity contribution is -0.149. The standard InChI is InChI=1S/C21H22N2O3S/c1-3-26-21(25)14-5-4-8-23(12-14)20(24)18-11-16-10-15-9-13(2)6-7-17(15)22-19(16)27-18/h6-7,9-11,14H,3-5,8,12H2,1-2H3/t14-/m0/s1. The number of fused-ring (bicyclic) bond motifs is 2. The molecule has 5 nitrogen and oxygen atoms in total. The second kappa shape index (κ2) is 7.27. The molecule has 6 heteroatoms. The fraction of sp³-hybridized carbons (Fsp3) is 0.381. The number of benzene rings is 1. The second-order valence-corrected chi connectivity index (χ2v) is 8.06. The fourth-order valence-corrected chi connectivity index (χ4v) is 4.62. The van der Waals surface area contributed by atoms with E-state index in [2.05, 4.69) is 19.1 Å². The summed E-state index contributed by atoms with van der Waals surface area (Å²) in [5, 5.41) is 2.07. The van der Waals surface area contributed by atoms with Crippen molar-refractivity contribution >= 4 is 44.3 Å². The smallest absolute Gasteiger partial charge is 0.310 e. The van der Waals surface area contributed by atoms with Crippen molar-refractivity contribution in [3.8, 4) is 0 Å². The van der Waals surface area contributed by atoms with Crippen molar-refractivity contribution in [1.82, 2.24) is 9.88 Å². The van der Waals surface area contributed by atoms with E-state index in [1.807, 2.05) is 18.2 Å². The Morgan fingerprint density at radius 1 is 1.26 bits per heavy atom. The van der Waals surface area contributed by atoms with Crippen LogP contribution in [0.15, 0.2) is 30.3 Å². The van der Waals surface area contributed by atoms with Crippen LogP contribution in [0.4, 0.5) is 0 Å². The Labute approximate surface area is 161 Å². The van der Waals surface area contributed by atoms with E-state index in [0.29, 0.717) is 24.6 Å². The van der Waals surface area contributed by atoms with Crippen LogP contribution in [0.25, 0.3) is 21.1 Å². The summed E-state index contributed by atoms with van der Waals surface area (Å²) in [5.41, 5.74) is 2.13. The average molecular weight is 382 g/mol. The first-order valence-electron chi connectivity index (χ1n) is 9.32. The number of hydrogen-bond donors (Lipinski definition) is 0. The Kier molecular flexibility index (Phi) is 4.83. The maximum absolute atomic E-state index is 13.0. The molecule has 3 heterocycles. The van der Waals surface area contributed by atoms with E-state index >= 15 is 0 Å². The first-order valence-corrected chi connectivity index (χ1v) is 10.1. The predicted octanol–water partition coefficient (Wildman–Crippen LogP) is 4.17. The van der Waals surface area contributed by atoms with E-state index in [4.69, 9.17) is 9.72 Å². The zero-order valence-corrected chi connectivity index (χ0v) is 16.3. The van der Waals surface area contributed by atoms with Crippen LogP contribution in [0.5, 0.6) is 0 Å². The first-order chi connectivity index (χ1) is 13.0. The van der Waals surface area contributed by atoms with Crippen LogP contribution >= 0.6 is 11.3 Å². The molecule has 3 aromatic rings. The topological polar surface area (TPSA) is 59.5 Å². The highest BCUT2D eigenvalue weighted by molar-refractivity contribution is 7.20. The zero-order valence-electron chi connectivity index (χ0n) is 15.5. The second-order valence-electron chi connectivity index (χ2n) is 7.03. The molecule has 1 atom stereocenters. The number of piperidine rings is 1. The van der Waals surface area contributed by atoms with Gasteiger partial charge in [-0.3, -0.25) is 9.59 Å². The highest BCUT2D eigenvalue weighted by Gasteiger charge is 2.30. The Balaban J connectivity index is 1.60. The normalized spacial score (nSPS) is 17.4. The minimum Gasteiger partial charge on any atom is -0.466 e. The van der Waals surface area contributed by atoms with Crippen LogP contribution in [-0.4, -0.2) is 41.5 Å². The minimum atomic E-state index is -0.222. The molecule has 0 N–H and O–H groups in total. The number of amides is 1. The van der Waals surface area contributed by atoms with Crippen LogP contribution in [0.1, 0.15) is 35.0 Å². The van der Waals surface area contributed by atoms with E-state index in [1.54, 1.807) is 11.8 Å². The number of carbonyl (C=O) groups is 2. The van der Waals surface area contributed by atoms with Gasteiger partial charge < -0.3 is 9.64 Å². The Morgan fingerprint density at radius 2 is 2.11 bits per heavy atom. The SMILES string of the molecule is CCOC(=O)[C@H]1CCCN(C(=O)c2cc3cc4cc(C)ccc4nc3s2)C1. The van der Waals surface area contributed by atoms with E-state index < -0.39 is 0 Å². The number of thiophene rings is 1. The number of aryl methyl sites for hydroxylation is 1. The third-order valence-electron chi connectivity index (χ3n) is 5.00. The van der Waals surface area contributed by atoms with Gasteiger partial charge in [-0.15, -0.1) is 11.3 Å². The van der Waals surface area contributed by atoms with Gasteiger partial charge in [0, 0.05) is 23.9 Å². The lowest BCUT2D eigenvalue weighted by atomic mass is 9.98. The zero-order chi connectivity index (χ0) is 19.0. The molecule has 0 spiro atoms. The Hall–Kier alpha value is -2.47. The van der Waals surface area contributed by atoms with Crippen molar-refractivity contribution in [3.05, 3.63) is 40.8 Å². The number of pyridine rings is 1. The maximum Gasteiger partial charge on any atom is 0.310 e. The van der Waals surface area contributed by atoms with Gasteiger partial charge in [-0.1, -0.05) is 11.6 Å². The summed E-state index contributed by atoms with van der Waals surface area (Å²) in [6.45, 7) is 5.35. The molecule has 1 amide bonds. The lowest BCUT2D eigenvalue weighted by Crippen LogP contribution is -2.42. The van der Waals surface area contributed by atoms with Gasteiger partial charge in [0.1, 0.15) is 4.83 Å². The molecule has 0 saturated carbocycles. The monoisotopic (exact) mass is 382 g/mol. The molecular weight excluding hydrogens is 360 g/mol. The Morgan fingerprint density at radius 3 is 2.93 bits per heavy atom. The number of likely N-dealkylation sites (tertiary alicyclic amines) is 1. The number of ether oxygens (including phenoxy) is 1. The van der Waals surface area contributed by atoms with Crippen LogP contribution in [0, 0.1) is 12.8 Å². The molecule has 1 fully saturated rings. The maximum atomic E-state index is 13.0. The molecular formula is C21H22N2O3S. The summed E-state index contributed by atoms with van der Waals surface area (Å²) in [4.78, 5) is 33.1. The van der Waals surface area contributed by atoms with Crippen molar-refractivity contribution < 1.29 is 14.3 Å². The van der Waals surface area contributed by atoms with Gasteiger partial charge in [-0.25, -0.2) is 4.98 Å². The number of nitrogens with zero attached hydrogens (tertiary/aromatic N) is 2. The Bertz CT molecular complexity index is 1030. The van der Waals surface area contributed by atoms with Crippen LogP contribution < -0.4 is 0 Å². The van der Waals surface area contributed by atoms with Gasteiger partial charge in [0.25, 0.3) is 5.91 Å². The van der Waals surface area contributed by atoms with E-state index in [-0.39, 0.29) is 17.8 Å². The van der Waals surface area contributed by atoms with Crippen LogP contribution in [0.2, 0.25) is 0 Å². The molecule has 0 radical (unpaired) electrons. The van der Waals surface area contributed by atoms with Gasteiger partial charge in [0.2, 0.25) is 0 Å². The predicted molar refractivity (Wildman–Crippen MR) is 107 cm³/mol. The highest BCUT2D eigenvalue weighted by atomic mass is 32.1. The number of rotatable bonds is 3. The number of hydrogen-bond acceptors (Lipinski definition) is 5. The van der Waals surface area contributed by atoms with Crippen LogP contribution in [-0.2, 0) is 9.53 Å². The summed E-state index contributed by atoms with van der Waals surface area (Å²) in [6, 6.07) is 10.2. The molecule has 4 rings (SSSR count). The van der Waals surface area contributed by atoms with Crippen molar-refractivity contribution in [2.24, 2.45) is 5.92 Å². The molecule has 27 heavy (non-hydrogen) atoms. The summed E-state index contributed by atoms with van der Waals surface area (Å²) in [5.74, 6) is -0.442. The first kappa shape index (κ1) is 17.9. The molecule has 1 aliphatic heterocycles. The summed E-state index contributed by atoms with van der Waals surface area (Å²) >= 11 is 1.42. The largest absolute Gasteiger partial charge is 0.466 e. The molecule has 0 bridgehead atoms. The molecule has 140 valence electrons. The lowest BCUT2D eigenvalue weighted by Gasteiger charge is -2.31. The summed E-state index contributed by atoms with van der Waals surface area (Å²) in [7, 11) is 0. The van der Waals surface area contributed by atoms with Gasteiger partial charge in [-0.05, 0) is 51.0 Å². The quantitative estimate of drug-likeness (QED) is 0.638. The van der Waals surface area contributed by atoms with Gasteiger partial charge in [0.05, 0.1) is 22.9 Å². The third kappa shape index (κ3) is 3.54. The number of aromatic nitrogens is 1. The van der Waals surface area contributed by atoms with Gasteiger partial charge in [-0.2, -0.15) is 0 Å². The van der Waals surface area contributed by atoms with Crippen molar-refractivity contribution in [2.75, 3.05) is 19.7 Å². The van der Waals surface area contributed by atoms with E-state index in [1.165, 1.54) is 16.9 Å². The van der Waals surface area contributed by atoms with E-state index in [0.717, 1.165) is 34.0 Å². The molecule has 0 unspecified atom stereocenters.